The fraction of sp³-hybridized carbons (Fsp3) is 0.200. The number of aliphatic imine (C=N–C) groups is 1. The molecule has 1 aromatic heterocycles. The van der Waals surface area contributed by atoms with Crippen molar-refractivity contribution in [1.29, 1.82) is 5.26 Å². The van der Waals surface area contributed by atoms with Gasteiger partial charge < -0.3 is 23.8 Å². The molecule has 12 heteroatoms. The van der Waals surface area contributed by atoms with Crippen molar-refractivity contribution >= 4 is 23.6 Å². The molecule has 0 radical (unpaired) electrons. The lowest BCUT2D eigenvalue weighted by atomic mass is 10.1. The van der Waals surface area contributed by atoms with Crippen LogP contribution < -0.4 is 14.2 Å². The van der Waals surface area contributed by atoms with Crippen LogP contribution in [0.2, 0.25) is 0 Å². The molecular weight excluding hydrogens is 687 g/mol. The number of carbonyl (C=O) groups is 1. The molecule has 0 bridgehead atoms. The van der Waals surface area contributed by atoms with E-state index >= 15 is 8.78 Å². The fourth-order valence-corrected chi connectivity index (χ4v) is 6.18. The lowest BCUT2D eigenvalue weighted by Crippen LogP contribution is -2.24. The van der Waals surface area contributed by atoms with E-state index in [1.165, 1.54) is 17.8 Å². The maximum Gasteiger partial charge on any atom is 0.306 e. The minimum atomic E-state index is -1.18. The smallest absolute Gasteiger partial charge is 0.306 e. The number of benzene rings is 4. The molecule has 1 aliphatic heterocycles. The number of halogens is 2. The Morgan fingerprint density at radius 1 is 0.923 bits per heavy atom. The molecule has 0 aliphatic carbocycles. The van der Waals surface area contributed by atoms with Crippen molar-refractivity contribution in [2.45, 2.75) is 36.2 Å². The van der Waals surface area contributed by atoms with E-state index in [0.29, 0.717) is 43.9 Å². The summed E-state index contributed by atoms with van der Waals surface area (Å²) < 4.78 is 54.1. The molecule has 0 N–H and O–H groups in total. The zero-order chi connectivity index (χ0) is 36.5. The SMILES string of the molecule is CCOC(=O)CCc1ccc(Sc2ccc(Oc3c(F)cnc(Oc4cc(C#N)ccc4OCc4ccccc4)c3F)c(C3=NCCN3C)c2)cc1. The second-order valence-corrected chi connectivity index (χ2v) is 12.8. The van der Waals surface area contributed by atoms with Gasteiger partial charge in [0.2, 0.25) is 11.6 Å². The van der Waals surface area contributed by atoms with Crippen LogP contribution in [0.5, 0.6) is 28.9 Å². The number of nitriles is 1. The number of pyridine rings is 1. The van der Waals surface area contributed by atoms with E-state index in [9.17, 15) is 10.1 Å². The summed E-state index contributed by atoms with van der Waals surface area (Å²) in [5, 5.41) is 9.49. The minimum absolute atomic E-state index is 0.0231. The summed E-state index contributed by atoms with van der Waals surface area (Å²) >= 11 is 1.50. The Balaban J connectivity index is 1.24. The van der Waals surface area contributed by atoms with E-state index in [1.807, 2.05) is 78.7 Å². The van der Waals surface area contributed by atoms with E-state index < -0.39 is 23.3 Å². The third-order valence-electron chi connectivity index (χ3n) is 7.96. The molecule has 0 saturated carbocycles. The van der Waals surface area contributed by atoms with Gasteiger partial charge >= 0.3 is 5.97 Å². The molecule has 0 unspecified atom stereocenters. The Hall–Kier alpha value is -5.93. The standard InChI is InChI=1S/C40H34F2N4O5S/c1-3-48-36(47)18-12-26-9-13-29(14-10-26)52-30-15-17-33(31(22-30)39-44-19-20-46(39)2)50-38-32(41)24-45-40(37(38)42)51-35-21-28(23-43)11-16-34(35)49-25-27-7-5-4-6-8-27/h4-11,13-17,21-22,24H,3,12,18-20,25H2,1-2H3. The third-order valence-corrected chi connectivity index (χ3v) is 8.96. The van der Waals surface area contributed by atoms with Gasteiger partial charge in [0.05, 0.1) is 36.5 Å². The number of esters is 1. The molecule has 9 nitrogen and oxygen atoms in total. The molecule has 5 aromatic rings. The number of carbonyl (C=O) groups excluding carboxylic acids is 1. The van der Waals surface area contributed by atoms with Crippen LogP contribution >= 0.6 is 11.8 Å². The van der Waals surface area contributed by atoms with Gasteiger partial charge in [-0.2, -0.15) is 9.65 Å². The van der Waals surface area contributed by atoms with Gasteiger partial charge in [0.1, 0.15) is 18.2 Å². The van der Waals surface area contributed by atoms with Crippen LogP contribution in [0.25, 0.3) is 0 Å². The number of amidine groups is 1. The van der Waals surface area contributed by atoms with Crippen LogP contribution in [-0.4, -0.2) is 48.4 Å². The van der Waals surface area contributed by atoms with Gasteiger partial charge in [0.25, 0.3) is 5.88 Å². The zero-order valence-corrected chi connectivity index (χ0v) is 29.3. The summed E-state index contributed by atoms with van der Waals surface area (Å²) in [4.78, 5) is 24.0. The van der Waals surface area contributed by atoms with E-state index in [1.54, 1.807) is 31.2 Å². The number of hydrogen-bond acceptors (Lipinski definition) is 10. The Morgan fingerprint density at radius 2 is 1.69 bits per heavy atom. The number of ether oxygens (including phenoxy) is 4. The second kappa shape index (κ2) is 16.9. The summed E-state index contributed by atoms with van der Waals surface area (Å²) in [5.41, 5.74) is 2.70. The maximum atomic E-state index is 16.1. The minimum Gasteiger partial charge on any atom is -0.485 e. The van der Waals surface area contributed by atoms with Gasteiger partial charge in [0, 0.05) is 35.9 Å². The summed E-state index contributed by atoms with van der Waals surface area (Å²) in [7, 11) is 1.89. The number of hydrogen-bond donors (Lipinski definition) is 0. The topological polar surface area (TPSA) is 106 Å². The molecule has 4 aromatic carbocycles. The van der Waals surface area contributed by atoms with Crippen LogP contribution in [0.15, 0.2) is 112 Å². The summed E-state index contributed by atoms with van der Waals surface area (Å²) in [6.45, 7) is 3.56. The number of aromatic nitrogens is 1. The van der Waals surface area contributed by atoms with Gasteiger partial charge in [-0.1, -0.05) is 54.2 Å². The molecule has 52 heavy (non-hydrogen) atoms. The van der Waals surface area contributed by atoms with Crippen LogP contribution in [0.4, 0.5) is 8.78 Å². The van der Waals surface area contributed by atoms with Gasteiger partial charge in [-0.25, -0.2) is 9.37 Å². The first-order valence-electron chi connectivity index (χ1n) is 16.5. The highest BCUT2D eigenvalue weighted by Gasteiger charge is 2.25. The molecule has 0 amide bonds. The summed E-state index contributed by atoms with van der Waals surface area (Å²) in [6, 6.07) is 29.1. The van der Waals surface area contributed by atoms with Crippen molar-refractivity contribution in [2.24, 2.45) is 4.99 Å². The lowest BCUT2D eigenvalue weighted by Gasteiger charge is -2.19. The van der Waals surface area contributed by atoms with Crippen molar-refractivity contribution in [3.05, 3.63) is 131 Å². The van der Waals surface area contributed by atoms with E-state index in [4.69, 9.17) is 18.9 Å². The Morgan fingerprint density at radius 3 is 2.42 bits per heavy atom. The average molecular weight is 721 g/mol. The maximum absolute atomic E-state index is 16.1. The number of nitrogens with zero attached hydrogens (tertiary/aromatic N) is 4. The molecule has 0 saturated heterocycles. The largest absolute Gasteiger partial charge is 0.485 e. The quantitative estimate of drug-likeness (QED) is 0.104. The monoisotopic (exact) mass is 720 g/mol. The highest BCUT2D eigenvalue weighted by Crippen LogP contribution is 2.40. The van der Waals surface area contributed by atoms with E-state index in [-0.39, 0.29) is 35.4 Å². The Labute approximate surface area is 304 Å². The normalized spacial score (nSPS) is 12.2. The van der Waals surface area contributed by atoms with Crippen molar-refractivity contribution in [3.8, 4) is 34.9 Å². The predicted octanol–water partition coefficient (Wildman–Crippen LogP) is 8.73. The molecule has 0 spiro atoms. The summed E-state index contributed by atoms with van der Waals surface area (Å²) in [6.07, 6.45) is 1.70. The first-order chi connectivity index (χ1) is 25.3. The highest BCUT2D eigenvalue weighted by molar-refractivity contribution is 7.99. The lowest BCUT2D eigenvalue weighted by molar-refractivity contribution is -0.143. The number of aryl methyl sites for hydroxylation is 1. The van der Waals surface area contributed by atoms with Crippen LogP contribution in [0.1, 0.15) is 35.6 Å². The van der Waals surface area contributed by atoms with Crippen LogP contribution in [-0.2, 0) is 22.6 Å². The van der Waals surface area contributed by atoms with Crippen molar-refractivity contribution in [2.75, 3.05) is 26.7 Å². The first-order valence-corrected chi connectivity index (χ1v) is 17.4. The zero-order valence-electron chi connectivity index (χ0n) is 28.5. The average Bonchev–Trinajstić information content (AvgIpc) is 3.60. The van der Waals surface area contributed by atoms with Gasteiger partial charge in [-0.05, 0) is 66.9 Å². The number of rotatable bonds is 14. The van der Waals surface area contributed by atoms with Gasteiger partial charge in [-0.15, -0.1) is 0 Å². The van der Waals surface area contributed by atoms with Crippen molar-refractivity contribution < 1.29 is 32.5 Å². The molecule has 0 atom stereocenters. The molecular formula is C40H34F2N4O5S. The van der Waals surface area contributed by atoms with Crippen LogP contribution in [0.3, 0.4) is 0 Å². The predicted molar refractivity (Wildman–Crippen MR) is 192 cm³/mol. The van der Waals surface area contributed by atoms with Crippen LogP contribution in [0, 0.1) is 23.0 Å². The molecule has 1 aliphatic rings. The molecule has 264 valence electrons. The molecule has 6 rings (SSSR count). The number of likely N-dealkylation sites (N-methyl/N-ethyl adjacent to an activating group) is 1. The van der Waals surface area contributed by atoms with Crippen molar-refractivity contribution in [1.82, 2.24) is 9.88 Å². The Bertz CT molecular complexity index is 2120. The van der Waals surface area contributed by atoms with Crippen molar-refractivity contribution in [3.63, 3.8) is 0 Å². The third kappa shape index (κ3) is 8.86. The highest BCUT2D eigenvalue weighted by atomic mass is 32.2. The van der Waals surface area contributed by atoms with E-state index in [2.05, 4.69) is 9.98 Å². The molecule has 2 heterocycles. The summed E-state index contributed by atoms with van der Waals surface area (Å²) in [5.74, 6) is -2.66. The van der Waals surface area contributed by atoms with E-state index in [0.717, 1.165) is 27.1 Å². The molecule has 0 fully saturated rings. The van der Waals surface area contributed by atoms with Gasteiger partial charge in [0.15, 0.2) is 17.3 Å². The second-order valence-electron chi connectivity index (χ2n) is 11.6. The van der Waals surface area contributed by atoms with Gasteiger partial charge in [-0.3, -0.25) is 9.79 Å². The Kier molecular flexibility index (Phi) is 11.6. The first kappa shape index (κ1) is 35.9. The fourth-order valence-electron chi connectivity index (χ4n) is 5.32.